The second-order valence-corrected chi connectivity index (χ2v) is 5.24. The van der Waals surface area contributed by atoms with E-state index in [-0.39, 0.29) is 0 Å². The highest BCUT2D eigenvalue weighted by Gasteiger charge is 2.28. The molecule has 0 N–H and O–H groups in total. The smallest absolute Gasteiger partial charge is 0.168 e. The van der Waals surface area contributed by atoms with Gasteiger partial charge in [-0.05, 0) is 31.1 Å². The summed E-state index contributed by atoms with van der Waals surface area (Å²) in [5.74, 6) is 0. The first kappa shape index (κ1) is 10.4. The van der Waals surface area contributed by atoms with Crippen LogP contribution in [-0.2, 0) is 0 Å². The second kappa shape index (κ2) is 3.80. The third-order valence-corrected chi connectivity index (χ3v) is 3.52. The van der Waals surface area contributed by atoms with E-state index in [2.05, 4.69) is 18.8 Å². The molecule has 1 heterocycles. The Hall–Kier alpha value is -1.12. The van der Waals surface area contributed by atoms with Gasteiger partial charge in [0.2, 0.25) is 0 Å². The first-order valence-electron chi connectivity index (χ1n) is 5.59. The van der Waals surface area contributed by atoms with Crippen LogP contribution >= 0.6 is 0 Å². The van der Waals surface area contributed by atoms with Crippen molar-refractivity contribution in [3.8, 4) is 0 Å². The summed E-state index contributed by atoms with van der Waals surface area (Å²) in [6, 6.07) is 0.473. The molecule has 0 bridgehead atoms. The van der Waals surface area contributed by atoms with Crippen LogP contribution < -0.4 is 0 Å². The quantitative estimate of drug-likeness (QED) is 0.697. The molecule has 1 fully saturated rings. The van der Waals surface area contributed by atoms with Gasteiger partial charge in [0.05, 0.1) is 12.5 Å². The summed E-state index contributed by atoms with van der Waals surface area (Å²) in [5, 5.41) is 0. The molecule has 1 aliphatic rings. The minimum Gasteiger partial charge on any atom is -0.325 e. The summed E-state index contributed by atoms with van der Waals surface area (Å²) in [6.45, 7) is 4.63. The lowest BCUT2D eigenvalue weighted by molar-refractivity contribution is 0.110. The molecule has 0 unspecified atom stereocenters. The maximum atomic E-state index is 10.8. The molecule has 3 heteroatoms. The van der Waals surface area contributed by atoms with Gasteiger partial charge in [0, 0.05) is 6.04 Å². The van der Waals surface area contributed by atoms with Crippen molar-refractivity contribution in [2.75, 3.05) is 0 Å². The number of carbonyl (C=O) groups is 1. The number of aldehydes is 1. The Kier molecular flexibility index (Phi) is 2.63. The molecular formula is C12H18N2O. The molecule has 3 nitrogen and oxygen atoms in total. The van der Waals surface area contributed by atoms with Crippen molar-refractivity contribution in [3.63, 3.8) is 0 Å². The monoisotopic (exact) mass is 206 g/mol. The number of hydrogen-bond donors (Lipinski definition) is 0. The highest BCUT2D eigenvalue weighted by Crippen LogP contribution is 2.40. The van der Waals surface area contributed by atoms with Crippen molar-refractivity contribution in [3.05, 3.63) is 18.2 Å². The van der Waals surface area contributed by atoms with Crippen LogP contribution in [0.4, 0.5) is 0 Å². The zero-order valence-electron chi connectivity index (χ0n) is 9.44. The van der Waals surface area contributed by atoms with Gasteiger partial charge in [-0.15, -0.1) is 0 Å². The predicted molar refractivity (Wildman–Crippen MR) is 58.9 cm³/mol. The Morgan fingerprint density at radius 1 is 1.47 bits per heavy atom. The summed E-state index contributed by atoms with van der Waals surface area (Å²) in [7, 11) is 0. The van der Waals surface area contributed by atoms with Crippen LogP contribution in [0.25, 0.3) is 0 Å². The van der Waals surface area contributed by atoms with Gasteiger partial charge < -0.3 is 4.57 Å². The topological polar surface area (TPSA) is 34.9 Å². The molecule has 0 radical (unpaired) electrons. The van der Waals surface area contributed by atoms with Gasteiger partial charge >= 0.3 is 0 Å². The zero-order valence-corrected chi connectivity index (χ0v) is 9.44. The average Bonchev–Trinajstić information content (AvgIpc) is 2.65. The van der Waals surface area contributed by atoms with Crippen LogP contribution in [0.5, 0.6) is 0 Å². The predicted octanol–water partition coefficient (Wildman–Crippen LogP) is 2.84. The lowest BCUT2D eigenvalue weighted by atomic mass is 9.75. The normalized spacial score (nSPS) is 21.5. The van der Waals surface area contributed by atoms with Crippen LogP contribution in [0, 0.1) is 5.41 Å². The Morgan fingerprint density at radius 3 is 2.73 bits per heavy atom. The highest BCUT2D eigenvalue weighted by atomic mass is 16.1. The molecule has 1 aromatic heterocycles. The minimum atomic E-state index is 0.471. The number of nitrogens with zero attached hydrogens (tertiary/aromatic N) is 2. The van der Waals surface area contributed by atoms with E-state index in [0.717, 1.165) is 19.1 Å². The molecule has 0 aliphatic heterocycles. The molecule has 1 aliphatic carbocycles. The third kappa shape index (κ3) is 2.11. The molecular weight excluding hydrogens is 188 g/mol. The van der Waals surface area contributed by atoms with Gasteiger partial charge in [-0.3, -0.25) is 4.79 Å². The van der Waals surface area contributed by atoms with Gasteiger partial charge in [0.1, 0.15) is 5.69 Å². The Bertz CT molecular complexity index is 344. The van der Waals surface area contributed by atoms with Gasteiger partial charge in [-0.1, -0.05) is 13.8 Å². The molecule has 15 heavy (non-hydrogen) atoms. The molecule has 1 aromatic rings. The van der Waals surface area contributed by atoms with Crippen LogP contribution in [0.1, 0.15) is 56.1 Å². The third-order valence-electron chi connectivity index (χ3n) is 3.52. The fourth-order valence-corrected chi connectivity index (χ4v) is 2.37. The number of carbonyl (C=O) groups excluding carboxylic acids is 1. The van der Waals surface area contributed by atoms with Gasteiger partial charge in [-0.25, -0.2) is 4.98 Å². The number of aromatic nitrogens is 2. The molecule has 82 valence electrons. The molecule has 0 atom stereocenters. The van der Waals surface area contributed by atoms with E-state index in [1.807, 2.05) is 4.57 Å². The van der Waals surface area contributed by atoms with E-state index in [9.17, 15) is 4.79 Å². The molecule has 1 saturated carbocycles. The van der Waals surface area contributed by atoms with E-state index in [0.29, 0.717) is 17.2 Å². The first-order chi connectivity index (χ1) is 7.12. The summed E-state index contributed by atoms with van der Waals surface area (Å²) in [4.78, 5) is 14.8. The van der Waals surface area contributed by atoms with Gasteiger partial charge in [0.25, 0.3) is 0 Å². The van der Waals surface area contributed by atoms with E-state index in [1.54, 1.807) is 12.5 Å². The zero-order chi connectivity index (χ0) is 10.9. The lowest BCUT2D eigenvalue weighted by Gasteiger charge is -2.35. The van der Waals surface area contributed by atoms with Crippen molar-refractivity contribution in [2.24, 2.45) is 5.41 Å². The first-order valence-corrected chi connectivity index (χ1v) is 5.59. The SMILES string of the molecule is CC1(C)CCC(n2cncc2C=O)CC1. The number of rotatable bonds is 2. The van der Waals surface area contributed by atoms with E-state index in [1.165, 1.54) is 12.8 Å². The largest absolute Gasteiger partial charge is 0.325 e. The maximum absolute atomic E-state index is 10.8. The minimum absolute atomic E-state index is 0.471. The summed E-state index contributed by atoms with van der Waals surface area (Å²) >= 11 is 0. The van der Waals surface area contributed by atoms with Gasteiger partial charge in [-0.2, -0.15) is 0 Å². The van der Waals surface area contributed by atoms with Crippen LogP contribution in [0.15, 0.2) is 12.5 Å². The average molecular weight is 206 g/mol. The Morgan fingerprint density at radius 2 is 2.13 bits per heavy atom. The van der Waals surface area contributed by atoms with E-state index in [4.69, 9.17) is 0 Å². The molecule has 2 rings (SSSR count). The summed E-state index contributed by atoms with van der Waals surface area (Å²) in [5.41, 5.74) is 1.18. The molecule has 0 saturated heterocycles. The van der Waals surface area contributed by atoms with Crippen LogP contribution in [-0.4, -0.2) is 15.8 Å². The summed E-state index contributed by atoms with van der Waals surface area (Å²) in [6.07, 6.45) is 9.10. The van der Waals surface area contributed by atoms with Crippen molar-refractivity contribution in [2.45, 2.75) is 45.6 Å². The molecule has 0 spiro atoms. The van der Waals surface area contributed by atoms with E-state index < -0.39 is 0 Å². The molecule has 0 amide bonds. The van der Waals surface area contributed by atoms with Crippen LogP contribution in [0.3, 0.4) is 0 Å². The van der Waals surface area contributed by atoms with Crippen molar-refractivity contribution < 1.29 is 4.79 Å². The fraction of sp³-hybridized carbons (Fsp3) is 0.667. The van der Waals surface area contributed by atoms with Crippen molar-refractivity contribution in [1.29, 1.82) is 0 Å². The van der Waals surface area contributed by atoms with Crippen molar-refractivity contribution >= 4 is 6.29 Å². The van der Waals surface area contributed by atoms with Crippen LogP contribution in [0.2, 0.25) is 0 Å². The number of imidazole rings is 1. The fourth-order valence-electron chi connectivity index (χ4n) is 2.37. The number of hydrogen-bond acceptors (Lipinski definition) is 2. The molecule has 0 aromatic carbocycles. The van der Waals surface area contributed by atoms with E-state index >= 15 is 0 Å². The lowest BCUT2D eigenvalue weighted by Crippen LogP contribution is -2.23. The standard InChI is InChI=1S/C12H18N2O/c1-12(2)5-3-10(4-6-12)14-9-13-7-11(14)8-15/h7-10H,3-6H2,1-2H3. The summed E-state index contributed by atoms with van der Waals surface area (Å²) < 4.78 is 2.03. The highest BCUT2D eigenvalue weighted by molar-refractivity contribution is 5.71. The second-order valence-electron chi connectivity index (χ2n) is 5.24. The maximum Gasteiger partial charge on any atom is 0.168 e. The Labute approximate surface area is 90.5 Å². The van der Waals surface area contributed by atoms with Crippen molar-refractivity contribution in [1.82, 2.24) is 9.55 Å². The van der Waals surface area contributed by atoms with Gasteiger partial charge in [0.15, 0.2) is 6.29 Å². The Balaban J connectivity index is 2.10.